The summed E-state index contributed by atoms with van der Waals surface area (Å²) in [6.45, 7) is 8.92. The number of fused-ring (bicyclic) bond motifs is 1. The SMILES string of the molecule is CC1(C)CCC(C)(C)c2cc(NC(=O)c3ccc(C(=O)O)c(O)c3)ccc21. The number of phenols is 1. The molecular formula is C22H25NO4. The third kappa shape index (κ3) is 3.54. The largest absolute Gasteiger partial charge is 0.507 e. The van der Waals surface area contributed by atoms with Crippen molar-refractivity contribution >= 4 is 17.6 Å². The maximum atomic E-state index is 12.5. The molecule has 1 aliphatic carbocycles. The van der Waals surface area contributed by atoms with E-state index in [0.29, 0.717) is 5.69 Å². The molecule has 1 aliphatic rings. The molecule has 2 aromatic carbocycles. The Bertz CT molecular complexity index is 928. The quantitative estimate of drug-likeness (QED) is 0.734. The van der Waals surface area contributed by atoms with Crippen LogP contribution in [0.2, 0.25) is 0 Å². The molecule has 0 saturated carbocycles. The molecule has 3 N–H and O–H groups in total. The van der Waals surface area contributed by atoms with Gasteiger partial charge < -0.3 is 15.5 Å². The average Bonchev–Trinajstić information content (AvgIpc) is 2.58. The van der Waals surface area contributed by atoms with Gasteiger partial charge in [-0.1, -0.05) is 33.8 Å². The Hall–Kier alpha value is -2.82. The number of carboxylic acids is 1. The molecule has 0 atom stereocenters. The summed E-state index contributed by atoms with van der Waals surface area (Å²) in [5.74, 6) is -2.06. The van der Waals surface area contributed by atoms with Crippen molar-refractivity contribution in [3.8, 4) is 5.75 Å². The highest BCUT2D eigenvalue weighted by Gasteiger charge is 2.37. The summed E-state index contributed by atoms with van der Waals surface area (Å²) in [7, 11) is 0. The lowest BCUT2D eigenvalue weighted by Gasteiger charge is -2.42. The minimum atomic E-state index is -1.24. The van der Waals surface area contributed by atoms with E-state index in [0.717, 1.165) is 12.8 Å². The number of benzene rings is 2. The molecule has 27 heavy (non-hydrogen) atoms. The second kappa shape index (κ2) is 6.41. The van der Waals surface area contributed by atoms with Crippen molar-refractivity contribution in [3.05, 3.63) is 58.7 Å². The number of rotatable bonds is 3. The molecule has 0 saturated heterocycles. The monoisotopic (exact) mass is 367 g/mol. The number of carbonyl (C=O) groups excluding carboxylic acids is 1. The first-order valence-corrected chi connectivity index (χ1v) is 9.04. The minimum absolute atomic E-state index is 0.0347. The van der Waals surface area contributed by atoms with E-state index in [1.807, 2.05) is 12.1 Å². The van der Waals surface area contributed by atoms with Crippen molar-refractivity contribution in [3.63, 3.8) is 0 Å². The molecule has 0 heterocycles. The lowest BCUT2D eigenvalue weighted by atomic mass is 9.63. The first kappa shape index (κ1) is 19.0. The van der Waals surface area contributed by atoms with Crippen LogP contribution in [0.15, 0.2) is 36.4 Å². The number of hydrogen-bond acceptors (Lipinski definition) is 3. The second-order valence-corrected chi connectivity index (χ2v) is 8.52. The van der Waals surface area contributed by atoms with E-state index < -0.39 is 17.6 Å². The van der Waals surface area contributed by atoms with Gasteiger partial charge in [-0.3, -0.25) is 4.79 Å². The Morgan fingerprint density at radius 1 is 0.926 bits per heavy atom. The first-order valence-electron chi connectivity index (χ1n) is 9.04. The fourth-order valence-corrected chi connectivity index (χ4v) is 3.72. The van der Waals surface area contributed by atoms with E-state index in [1.165, 1.54) is 29.3 Å². The van der Waals surface area contributed by atoms with Crippen LogP contribution < -0.4 is 5.32 Å². The summed E-state index contributed by atoms with van der Waals surface area (Å²) in [5.41, 5.74) is 3.34. The standard InChI is InChI=1S/C22H25NO4/c1-21(2)9-10-22(3,4)17-12-14(6-8-16(17)21)23-19(25)13-5-7-15(20(26)27)18(24)11-13/h5-8,11-12,24H,9-10H2,1-4H3,(H,23,25)(H,26,27). The molecule has 5 heteroatoms. The van der Waals surface area contributed by atoms with Crippen molar-refractivity contribution in [1.82, 2.24) is 0 Å². The molecule has 142 valence electrons. The summed E-state index contributed by atoms with van der Waals surface area (Å²) in [5, 5.41) is 21.6. The molecule has 0 fully saturated rings. The van der Waals surface area contributed by atoms with Gasteiger partial charge in [0.15, 0.2) is 0 Å². The zero-order valence-corrected chi connectivity index (χ0v) is 16.1. The molecule has 0 aromatic heterocycles. The van der Waals surface area contributed by atoms with Gasteiger partial charge in [-0.25, -0.2) is 4.79 Å². The highest BCUT2D eigenvalue weighted by molar-refractivity contribution is 6.05. The topological polar surface area (TPSA) is 86.6 Å². The van der Waals surface area contributed by atoms with Crippen molar-refractivity contribution < 1.29 is 19.8 Å². The second-order valence-electron chi connectivity index (χ2n) is 8.52. The van der Waals surface area contributed by atoms with Crippen molar-refractivity contribution in [2.24, 2.45) is 0 Å². The van der Waals surface area contributed by atoms with E-state index in [4.69, 9.17) is 5.11 Å². The Kier molecular flexibility index (Phi) is 4.50. The van der Waals surface area contributed by atoms with Crippen LogP contribution >= 0.6 is 0 Å². The smallest absolute Gasteiger partial charge is 0.339 e. The van der Waals surface area contributed by atoms with E-state index in [9.17, 15) is 14.7 Å². The van der Waals surface area contributed by atoms with Crippen LogP contribution in [-0.4, -0.2) is 22.1 Å². The van der Waals surface area contributed by atoms with Crippen molar-refractivity contribution in [1.29, 1.82) is 0 Å². The summed E-state index contributed by atoms with van der Waals surface area (Å²) < 4.78 is 0. The highest BCUT2D eigenvalue weighted by Crippen LogP contribution is 2.46. The van der Waals surface area contributed by atoms with Gasteiger partial charge >= 0.3 is 5.97 Å². The molecular weight excluding hydrogens is 342 g/mol. The maximum absolute atomic E-state index is 12.5. The van der Waals surface area contributed by atoms with Gasteiger partial charge in [0.1, 0.15) is 11.3 Å². The Labute approximate surface area is 159 Å². The lowest BCUT2D eigenvalue weighted by molar-refractivity contribution is 0.0693. The van der Waals surface area contributed by atoms with Crippen LogP contribution in [-0.2, 0) is 10.8 Å². The van der Waals surface area contributed by atoms with Gasteiger partial charge in [-0.2, -0.15) is 0 Å². The zero-order chi connectivity index (χ0) is 20.0. The van der Waals surface area contributed by atoms with Gasteiger partial charge in [0, 0.05) is 11.3 Å². The van der Waals surface area contributed by atoms with Crippen LogP contribution in [0.1, 0.15) is 72.4 Å². The number of hydrogen-bond donors (Lipinski definition) is 3. The summed E-state index contributed by atoms with van der Waals surface area (Å²) >= 11 is 0. The summed E-state index contributed by atoms with van der Waals surface area (Å²) in [4.78, 5) is 23.5. The Morgan fingerprint density at radius 2 is 1.56 bits per heavy atom. The molecule has 0 unspecified atom stereocenters. The fourth-order valence-electron chi connectivity index (χ4n) is 3.72. The van der Waals surface area contributed by atoms with E-state index >= 15 is 0 Å². The van der Waals surface area contributed by atoms with Gasteiger partial charge in [0.05, 0.1) is 0 Å². The number of nitrogens with one attached hydrogen (secondary N) is 1. The van der Waals surface area contributed by atoms with E-state index in [-0.39, 0.29) is 22.0 Å². The van der Waals surface area contributed by atoms with E-state index in [2.05, 4.69) is 39.1 Å². The maximum Gasteiger partial charge on any atom is 0.339 e. The number of anilines is 1. The summed E-state index contributed by atoms with van der Waals surface area (Å²) in [6, 6.07) is 9.79. The normalized spacial score (nSPS) is 17.0. The van der Waals surface area contributed by atoms with Crippen LogP contribution in [0.3, 0.4) is 0 Å². The minimum Gasteiger partial charge on any atom is -0.507 e. The first-order chi connectivity index (χ1) is 12.5. The molecule has 0 radical (unpaired) electrons. The number of aromatic hydroxyl groups is 1. The van der Waals surface area contributed by atoms with Crippen molar-refractivity contribution in [2.75, 3.05) is 5.32 Å². The van der Waals surface area contributed by atoms with Crippen molar-refractivity contribution in [2.45, 2.75) is 51.4 Å². The average molecular weight is 367 g/mol. The third-order valence-electron chi connectivity index (χ3n) is 5.60. The molecule has 0 aliphatic heterocycles. The highest BCUT2D eigenvalue weighted by atomic mass is 16.4. The molecule has 5 nitrogen and oxygen atoms in total. The summed E-state index contributed by atoms with van der Waals surface area (Å²) in [6.07, 6.45) is 2.20. The number of carboxylic acid groups (broad SMARTS) is 1. The van der Waals surface area contributed by atoms with Gasteiger partial charge in [-0.05, 0) is 65.1 Å². The van der Waals surface area contributed by atoms with Gasteiger partial charge in [0.25, 0.3) is 5.91 Å². The predicted molar refractivity (Wildman–Crippen MR) is 105 cm³/mol. The van der Waals surface area contributed by atoms with E-state index in [1.54, 1.807) is 0 Å². The van der Waals surface area contributed by atoms with Crippen LogP contribution in [0.25, 0.3) is 0 Å². The third-order valence-corrected chi connectivity index (χ3v) is 5.60. The number of amides is 1. The molecule has 2 aromatic rings. The molecule has 3 rings (SSSR count). The van der Waals surface area contributed by atoms with Gasteiger partial charge in [0.2, 0.25) is 0 Å². The zero-order valence-electron chi connectivity index (χ0n) is 16.1. The van der Waals surface area contributed by atoms with Crippen LogP contribution in [0.4, 0.5) is 5.69 Å². The number of aromatic carboxylic acids is 1. The molecule has 1 amide bonds. The lowest BCUT2D eigenvalue weighted by Crippen LogP contribution is -2.33. The Morgan fingerprint density at radius 3 is 2.15 bits per heavy atom. The molecule has 0 bridgehead atoms. The number of carbonyl (C=O) groups is 2. The van der Waals surface area contributed by atoms with Crippen LogP contribution in [0, 0.1) is 0 Å². The Balaban J connectivity index is 1.90. The van der Waals surface area contributed by atoms with Crippen LogP contribution in [0.5, 0.6) is 5.75 Å². The molecule has 0 spiro atoms. The predicted octanol–water partition coefficient (Wildman–Crippen LogP) is 4.69. The fraction of sp³-hybridized carbons (Fsp3) is 0.364. The van der Waals surface area contributed by atoms with Gasteiger partial charge in [-0.15, -0.1) is 0 Å².